The highest BCUT2D eigenvalue weighted by molar-refractivity contribution is 6.13. The largest absolute Gasteiger partial charge is 0.417 e. The number of benzene rings is 7. The van der Waals surface area contributed by atoms with Gasteiger partial charge in [0.1, 0.15) is 52.4 Å². The van der Waals surface area contributed by atoms with Crippen LogP contribution in [0, 0.1) is 73.6 Å². The molecule has 0 N–H and O–H groups in total. The fraction of sp³-hybridized carbons (Fsp3) is 0.167. The Kier molecular flexibility index (Phi) is 12.7. The summed E-state index contributed by atoms with van der Waals surface area (Å²) < 4.78 is 50.1. The molecule has 0 saturated carbocycles. The molecule has 0 fully saturated rings. The van der Waals surface area contributed by atoms with Gasteiger partial charge in [0.2, 0.25) is 0 Å². The molecule has 0 aliphatic rings. The number of rotatable bonds is 9. The second-order valence-corrected chi connectivity index (χ2v) is 21.1. The monoisotopic (exact) mass is 1110 g/mol. The van der Waals surface area contributed by atoms with Gasteiger partial charge in [0.25, 0.3) is 0 Å². The van der Waals surface area contributed by atoms with Crippen LogP contribution >= 0.6 is 0 Å². The van der Waals surface area contributed by atoms with Crippen molar-refractivity contribution in [3.8, 4) is 73.9 Å². The Hall–Kier alpha value is -10.5. The minimum absolute atomic E-state index is 0.0628. The molecule has 0 bridgehead atoms. The van der Waals surface area contributed by atoms with Crippen molar-refractivity contribution in [1.29, 1.82) is 5.26 Å². The molecule has 18 heteroatoms. The zero-order valence-electron chi connectivity index (χ0n) is 47.2. The van der Waals surface area contributed by atoms with Crippen LogP contribution in [0.2, 0.25) is 0 Å². The van der Waals surface area contributed by atoms with Crippen molar-refractivity contribution in [1.82, 2.24) is 68.9 Å². The van der Waals surface area contributed by atoms with E-state index in [1.54, 1.807) is 25.1 Å². The van der Waals surface area contributed by atoms with E-state index in [2.05, 4.69) is 69.4 Å². The third-order valence-electron chi connectivity index (χ3n) is 15.0. The van der Waals surface area contributed by atoms with E-state index < -0.39 is 11.7 Å². The van der Waals surface area contributed by atoms with Crippen LogP contribution in [-0.2, 0) is 12.6 Å². The molecule has 410 valence electrons. The quantitative estimate of drug-likeness (QED) is 0.133. The SMILES string of the molecule is Cc1nc(C)nc(Cc2ccc3c(c2)c2cc(-c4nc(C)nc(C)n4)ccc2n3-c2cc(-c3c(C)cccc3C(F)(F)F)ccc2-c2ccc(C#N)cc2-n2c3ccc(-c4nc(C)nc(C)n4)cc3c3cc(-c4nc(C)nc(C)n4)ccc32)n1. The lowest BCUT2D eigenvalue weighted by atomic mass is 9.91. The third kappa shape index (κ3) is 9.48. The van der Waals surface area contributed by atoms with Crippen molar-refractivity contribution in [3.05, 3.63) is 202 Å². The number of hydrogen-bond donors (Lipinski definition) is 0. The van der Waals surface area contributed by atoms with Gasteiger partial charge in [-0.2, -0.15) is 18.4 Å². The van der Waals surface area contributed by atoms with Crippen LogP contribution < -0.4 is 0 Å². The summed E-state index contributed by atoms with van der Waals surface area (Å²) >= 11 is 0. The first-order chi connectivity index (χ1) is 40.3. The molecule has 7 aromatic carbocycles. The fourth-order valence-corrected chi connectivity index (χ4v) is 11.7. The standard InChI is InChI=1S/C66H50F3N15/c1-33-11-10-12-54(66(67,68)69)62(33)44-15-20-49(60(31-44)84-55-21-14-42(27-61-75-34(2)71-35(3)76-61)25-50(55)51-28-45(16-22-56(51)84)63-77-36(4)72-37(5)78-63)48-19-13-43(32-70)26-59(48)83-57-23-17-46(64-79-38(6)73-39(7)80-64)29-52(57)53-30-47(18-24-58(53)83)65-81-40(8)74-41(9)82-65/h10-26,28-31H,27H2,1-9H3. The molecule has 13 rings (SSSR count). The number of hydrogen-bond acceptors (Lipinski definition) is 13. The molecule has 0 atom stereocenters. The topological polar surface area (TPSA) is 188 Å². The number of halogens is 3. The van der Waals surface area contributed by atoms with E-state index in [-0.39, 0.29) is 5.56 Å². The highest BCUT2D eigenvalue weighted by Gasteiger charge is 2.35. The number of aromatic nitrogens is 14. The van der Waals surface area contributed by atoms with Gasteiger partial charge in [-0.25, -0.2) is 59.8 Å². The molecule has 0 aliphatic heterocycles. The molecule has 0 radical (unpaired) electrons. The van der Waals surface area contributed by atoms with Crippen LogP contribution in [0.3, 0.4) is 0 Å². The average molecular weight is 1110 g/mol. The molecule has 84 heavy (non-hydrogen) atoms. The molecule has 6 heterocycles. The maximum absolute atomic E-state index is 15.3. The molecule has 0 aliphatic carbocycles. The summed E-state index contributed by atoms with van der Waals surface area (Å²) in [7, 11) is 0. The van der Waals surface area contributed by atoms with E-state index in [0.717, 1.165) is 71.9 Å². The summed E-state index contributed by atoms with van der Waals surface area (Å²) in [6, 6.07) is 42.1. The summed E-state index contributed by atoms with van der Waals surface area (Å²) in [5.74, 6) is 6.87. The van der Waals surface area contributed by atoms with E-state index in [0.29, 0.717) is 116 Å². The summed E-state index contributed by atoms with van der Waals surface area (Å²) in [5.41, 5.74) is 9.45. The maximum Gasteiger partial charge on any atom is 0.417 e. The van der Waals surface area contributed by atoms with Crippen LogP contribution in [-0.4, -0.2) is 68.9 Å². The third-order valence-corrected chi connectivity index (χ3v) is 15.0. The number of nitriles is 1. The van der Waals surface area contributed by atoms with Gasteiger partial charge in [-0.1, -0.05) is 36.4 Å². The number of alkyl halides is 3. The summed E-state index contributed by atoms with van der Waals surface area (Å²) in [5, 5.41) is 14.1. The Bertz CT molecular complexity index is 4770. The molecule has 0 unspecified atom stereocenters. The summed E-state index contributed by atoms with van der Waals surface area (Å²) in [6.45, 7) is 16.4. The second kappa shape index (κ2) is 20.2. The van der Waals surface area contributed by atoms with E-state index in [1.165, 1.54) is 6.07 Å². The lowest BCUT2D eigenvalue weighted by molar-refractivity contribution is -0.137. The van der Waals surface area contributed by atoms with Gasteiger partial charge in [-0.15, -0.1) is 0 Å². The first-order valence-corrected chi connectivity index (χ1v) is 27.1. The molecular weight excluding hydrogens is 1060 g/mol. The van der Waals surface area contributed by atoms with Crippen molar-refractivity contribution < 1.29 is 13.2 Å². The van der Waals surface area contributed by atoms with E-state index in [4.69, 9.17) is 29.9 Å². The van der Waals surface area contributed by atoms with Gasteiger partial charge in [-0.05, 0) is 176 Å². The number of nitrogens with zero attached hydrogens (tertiary/aromatic N) is 15. The lowest BCUT2D eigenvalue weighted by Crippen LogP contribution is -2.08. The van der Waals surface area contributed by atoms with Crippen molar-refractivity contribution in [2.45, 2.75) is 74.9 Å². The average Bonchev–Trinajstić information content (AvgIpc) is 2.29. The maximum atomic E-state index is 15.3. The normalized spacial score (nSPS) is 11.8. The fourth-order valence-electron chi connectivity index (χ4n) is 11.7. The lowest BCUT2D eigenvalue weighted by Gasteiger charge is -2.21. The van der Waals surface area contributed by atoms with Crippen LogP contribution in [0.15, 0.2) is 127 Å². The second-order valence-electron chi connectivity index (χ2n) is 21.1. The van der Waals surface area contributed by atoms with Gasteiger partial charge < -0.3 is 9.13 Å². The van der Waals surface area contributed by atoms with Crippen LogP contribution in [0.4, 0.5) is 13.2 Å². The van der Waals surface area contributed by atoms with E-state index in [1.807, 2.05) is 128 Å². The van der Waals surface area contributed by atoms with Crippen LogP contribution in [0.1, 0.15) is 74.7 Å². The summed E-state index contributed by atoms with van der Waals surface area (Å²) in [4.78, 5) is 55.5. The molecule has 0 amide bonds. The Morgan fingerprint density at radius 3 is 1.24 bits per heavy atom. The first kappa shape index (κ1) is 52.8. The van der Waals surface area contributed by atoms with Crippen molar-refractivity contribution in [2.24, 2.45) is 0 Å². The van der Waals surface area contributed by atoms with Gasteiger partial charge in [0, 0.05) is 55.8 Å². The van der Waals surface area contributed by atoms with Crippen molar-refractivity contribution in [3.63, 3.8) is 0 Å². The van der Waals surface area contributed by atoms with E-state index in [9.17, 15) is 5.26 Å². The Labute approximate surface area is 479 Å². The molecule has 0 saturated heterocycles. The molecule has 6 aromatic heterocycles. The van der Waals surface area contributed by atoms with Crippen LogP contribution in [0.5, 0.6) is 0 Å². The van der Waals surface area contributed by atoms with Gasteiger partial charge >= 0.3 is 6.18 Å². The number of fused-ring (bicyclic) bond motifs is 6. The molecule has 13 aromatic rings. The molecule has 15 nitrogen and oxygen atoms in total. The van der Waals surface area contributed by atoms with Gasteiger partial charge in [0.15, 0.2) is 17.5 Å². The van der Waals surface area contributed by atoms with Gasteiger partial charge in [-0.3, -0.25) is 0 Å². The minimum atomic E-state index is -4.67. The highest BCUT2D eigenvalue weighted by atomic mass is 19.4. The van der Waals surface area contributed by atoms with Crippen molar-refractivity contribution in [2.75, 3.05) is 0 Å². The molecular formula is C66H50F3N15. The zero-order valence-corrected chi connectivity index (χ0v) is 47.2. The predicted octanol–water partition coefficient (Wildman–Crippen LogP) is 14.2. The highest BCUT2D eigenvalue weighted by Crippen LogP contribution is 2.46. The Morgan fingerprint density at radius 1 is 0.405 bits per heavy atom. The van der Waals surface area contributed by atoms with E-state index >= 15 is 13.2 Å². The summed E-state index contributed by atoms with van der Waals surface area (Å²) in [6.07, 6.45) is -4.26. The molecule has 0 spiro atoms. The zero-order chi connectivity index (χ0) is 58.5. The van der Waals surface area contributed by atoms with Crippen LogP contribution in [0.25, 0.3) is 111 Å². The smallest absolute Gasteiger partial charge is 0.309 e. The minimum Gasteiger partial charge on any atom is -0.309 e. The van der Waals surface area contributed by atoms with Gasteiger partial charge in [0.05, 0.1) is 50.6 Å². The Balaban J connectivity index is 1.12. The number of aryl methyl sites for hydroxylation is 9. The van der Waals surface area contributed by atoms with Crippen molar-refractivity contribution >= 4 is 43.6 Å². The predicted molar refractivity (Wildman–Crippen MR) is 317 cm³/mol. The first-order valence-electron chi connectivity index (χ1n) is 27.1. The Morgan fingerprint density at radius 2 is 0.798 bits per heavy atom.